The van der Waals surface area contributed by atoms with E-state index < -0.39 is 0 Å². The third-order valence-corrected chi connectivity index (χ3v) is 6.68. The van der Waals surface area contributed by atoms with Crippen LogP contribution in [-0.4, -0.2) is 42.9 Å². The van der Waals surface area contributed by atoms with Crippen molar-refractivity contribution < 1.29 is 9.59 Å². The number of carbonyl (C=O) groups is 2. The molecular weight excluding hydrogens is 338 g/mol. The standard InChI is InChI=1S/C22H31N3O2/c1-15-11-16(2)14-25(13-15)21(27)17-5-3-4-6-19(17)24-20(26)18-12-22(18)7-9-23-10-8-22/h3-6,15-16,18,23H,7-14H2,1-2H3,(H,24,26). The number of carbonyl (C=O) groups excluding carboxylic acids is 2. The minimum atomic E-state index is 0.0386. The Balaban J connectivity index is 1.47. The molecule has 3 aliphatic rings. The monoisotopic (exact) mass is 369 g/mol. The first-order chi connectivity index (χ1) is 13.0. The molecule has 1 aromatic rings. The molecule has 2 heterocycles. The van der Waals surface area contributed by atoms with Gasteiger partial charge < -0.3 is 15.5 Å². The molecule has 2 N–H and O–H groups in total. The number of para-hydroxylation sites is 1. The fraction of sp³-hybridized carbons (Fsp3) is 0.636. The van der Waals surface area contributed by atoms with Crippen molar-refractivity contribution in [2.24, 2.45) is 23.2 Å². The van der Waals surface area contributed by atoms with Crippen LogP contribution in [0.2, 0.25) is 0 Å². The Hall–Kier alpha value is -1.88. The van der Waals surface area contributed by atoms with Crippen molar-refractivity contribution in [1.82, 2.24) is 10.2 Å². The van der Waals surface area contributed by atoms with Crippen molar-refractivity contribution in [3.05, 3.63) is 29.8 Å². The van der Waals surface area contributed by atoms with Crippen molar-refractivity contribution in [3.63, 3.8) is 0 Å². The zero-order valence-electron chi connectivity index (χ0n) is 16.5. The van der Waals surface area contributed by atoms with Gasteiger partial charge in [0.15, 0.2) is 0 Å². The molecule has 0 aromatic heterocycles. The maximum absolute atomic E-state index is 13.1. The van der Waals surface area contributed by atoms with E-state index in [-0.39, 0.29) is 23.1 Å². The highest BCUT2D eigenvalue weighted by atomic mass is 16.2. The minimum absolute atomic E-state index is 0.0386. The lowest BCUT2D eigenvalue weighted by Crippen LogP contribution is -2.42. The van der Waals surface area contributed by atoms with Gasteiger partial charge in [-0.1, -0.05) is 26.0 Å². The molecule has 5 heteroatoms. The van der Waals surface area contributed by atoms with Crippen LogP contribution in [0.25, 0.3) is 0 Å². The van der Waals surface area contributed by atoms with Crippen molar-refractivity contribution in [2.45, 2.75) is 39.5 Å². The summed E-state index contributed by atoms with van der Waals surface area (Å²) < 4.78 is 0. The third-order valence-electron chi connectivity index (χ3n) is 6.68. The Kier molecular flexibility index (Phi) is 4.97. The largest absolute Gasteiger partial charge is 0.338 e. The molecule has 2 saturated heterocycles. The maximum Gasteiger partial charge on any atom is 0.255 e. The molecule has 1 aliphatic carbocycles. The molecule has 0 bridgehead atoms. The molecule has 1 aromatic carbocycles. The van der Waals surface area contributed by atoms with E-state index in [0.29, 0.717) is 23.1 Å². The Morgan fingerprint density at radius 1 is 1.11 bits per heavy atom. The normalized spacial score (nSPS) is 29.4. The van der Waals surface area contributed by atoms with E-state index in [9.17, 15) is 9.59 Å². The van der Waals surface area contributed by atoms with Crippen LogP contribution in [0, 0.1) is 23.2 Å². The molecule has 2 aliphatic heterocycles. The number of piperidine rings is 2. The zero-order valence-corrected chi connectivity index (χ0v) is 16.5. The molecule has 27 heavy (non-hydrogen) atoms. The number of hydrogen-bond donors (Lipinski definition) is 2. The number of nitrogens with one attached hydrogen (secondary N) is 2. The smallest absolute Gasteiger partial charge is 0.255 e. The number of hydrogen-bond acceptors (Lipinski definition) is 3. The van der Waals surface area contributed by atoms with E-state index in [2.05, 4.69) is 24.5 Å². The lowest BCUT2D eigenvalue weighted by atomic mass is 9.91. The van der Waals surface area contributed by atoms with Crippen LogP contribution in [0.5, 0.6) is 0 Å². The van der Waals surface area contributed by atoms with E-state index >= 15 is 0 Å². The van der Waals surface area contributed by atoms with Crippen LogP contribution in [0.1, 0.15) is 49.9 Å². The van der Waals surface area contributed by atoms with Crippen molar-refractivity contribution >= 4 is 17.5 Å². The van der Waals surface area contributed by atoms with Gasteiger partial charge in [0, 0.05) is 19.0 Å². The number of rotatable bonds is 3. The van der Waals surface area contributed by atoms with Gasteiger partial charge in [-0.05, 0) is 68.2 Å². The fourth-order valence-electron chi connectivity index (χ4n) is 5.19. The van der Waals surface area contributed by atoms with Gasteiger partial charge in [-0.2, -0.15) is 0 Å². The highest BCUT2D eigenvalue weighted by molar-refractivity contribution is 6.04. The van der Waals surface area contributed by atoms with Crippen LogP contribution in [0.4, 0.5) is 5.69 Å². The summed E-state index contributed by atoms with van der Waals surface area (Å²) in [6.07, 6.45) is 4.31. The first kappa shape index (κ1) is 18.5. The van der Waals surface area contributed by atoms with Crippen LogP contribution >= 0.6 is 0 Å². The average Bonchev–Trinajstić information content (AvgIpc) is 3.34. The number of amides is 2. The first-order valence-electron chi connectivity index (χ1n) is 10.4. The molecular formula is C22H31N3O2. The predicted molar refractivity (Wildman–Crippen MR) is 107 cm³/mol. The molecule has 3 unspecified atom stereocenters. The van der Waals surface area contributed by atoms with Crippen molar-refractivity contribution in [2.75, 3.05) is 31.5 Å². The predicted octanol–water partition coefficient (Wildman–Crippen LogP) is 3.13. The maximum atomic E-state index is 13.1. The Labute approximate surface area is 161 Å². The topological polar surface area (TPSA) is 61.4 Å². The molecule has 1 saturated carbocycles. The third kappa shape index (κ3) is 3.75. The summed E-state index contributed by atoms with van der Waals surface area (Å²) in [5, 5.41) is 6.45. The van der Waals surface area contributed by atoms with Gasteiger partial charge in [-0.25, -0.2) is 0 Å². The summed E-state index contributed by atoms with van der Waals surface area (Å²) in [5.74, 6) is 1.25. The minimum Gasteiger partial charge on any atom is -0.338 e. The molecule has 0 radical (unpaired) electrons. The quantitative estimate of drug-likeness (QED) is 0.860. The van der Waals surface area contributed by atoms with Crippen molar-refractivity contribution in [3.8, 4) is 0 Å². The Morgan fingerprint density at radius 2 is 1.78 bits per heavy atom. The molecule has 5 nitrogen and oxygen atoms in total. The van der Waals surface area contributed by atoms with Gasteiger partial charge in [-0.15, -0.1) is 0 Å². The summed E-state index contributed by atoms with van der Waals surface area (Å²) in [5.41, 5.74) is 1.48. The van der Waals surface area contributed by atoms with Gasteiger partial charge in [0.05, 0.1) is 11.3 Å². The lowest BCUT2D eigenvalue weighted by Gasteiger charge is -2.35. The van der Waals surface area contributed by atoms with E-state index in [1.807, 2.05) is 29.2 Å². The van der Waals surface area contributed by atoms with E-state index in [1.165, 1.54) is 6.42 Å². The zero-order chi connectivity index (χ0) is 19.0. The molecule has 2 amide bonds. The summed E-state index contributed by atoms with van der Waals surface area (Å²) in [6, 6.07) is 7.47. The summed E-state index contributed by atoms with van der Waals surface area (Å²) in [7, 11) is 0. The molecule has 3 fully saturated rings. The van der Waals surface area contributed by atoms with E-state index in [4.69, 9.17) is 0 Å². The second kappa shape index (κ2) is 7.27. The van der Waals surface area contributed by atoms with Gasteiger partial charge in [-0.3, -0.25) is 9.59 Å². The molecule has 4 rings (SSSR count). The average molecular weight is 370 g/mol. The molecule has 1 spiro atoms. The van der Waals surface area contributed by atoms with Crippen LogP contribution in [0.3, 0.4) is 0 Å². The SMILES string of the molecule is CC1CC(C)CN(C(=O)c2ccccc2NC(=O)C2CC23CCNCC3)C1. The van der Waals surface area contributed by atoms with Gasteiger partial charge in [0.1, 0.15) is 0 Å². The van der Waals surface area contributed by atoms with Gasteiger partial charge >= 0.3 is 0 Å². The fourth-order valence-corrected chi connectivity index (χ4v) is 5.19. The van der Waals surface area contributed by atoms with Crippen LogP contribution in [0.15, 0.2) is 24.3 Å². The second-order valence-electron chi connectivity index (χ2n) is 9.06. The molecule has 146 valence electrons. The second-order valence-corrected chi connectivity index (χ2v) is 9.06. The number of likely N-dealkylation sites (tertiary alicyclic amines) is 1. The van der Waals surface area contributed by atoms with Crippen LogP contribution in [-0.2, 0) is 4.79 Å². The Morgan fingerprint density at radius 3 is 2.48 bits per heavy atom. The van der Waals surface area contributed by atoms with Crippen LogP contribution < -0.4 is 10.6 Å². The molecule has 3 atom stereocenters. The summed E-state index contributed by atoms with van der Waals surface area (Å²) in [4.78, 5) is 27.9. The Bertz CT molecular complexity index is 716. The number of anilines is 1. The highest BCUT2D eigenvalue weighted by Gasteiger charge is 2.57. The lowest BCUT2D eigenvalue weighted by molar-refractivity contribution is -0.118. The highest BCUT2D eigenvalue weighted by Crippen LogP contribution is 2.58. The van der Waals surface area contributed by atoms with Gasteiger partial charge in [0.2, 0.25) is 5.91 Å². The first-order valence-corrected chi connectivity index (χ1v) is 10.4. The summed E-state index contributed by atoms with van der Waals surface area (Å²) in [6.45, 7) is 8.01. The van der Waals surface area contributed by atoms with E-state index in [1.54, 1.807) is 0 Å². The van der Waals surface area contributed by atoms with E-state index in [0.717, 1.165) is 45.4 Å². The van der Waals surface area contributed by atoms with Gasteiger partial charge in [0.25, 0.3) is 5.91 Å². The van der Waals surface area contributed by atoms with Crippen molar-refractivity contribution in [1.29, 1.82) is 0 Å². The number of nitrogens with zero attached hydrogens (tertiary/aromatic N) is 1. The summed E-state index contributed by atoms with van der Waals surface area (Å²) >= 11 is 0. The number of benzene rings is 1.